The average Bonchev–Trinajstić information content (AvgIpc) is 2.76. The summed E-state index contributed by atoms with van der Waals surface area (Å²) in [5.41, 5.74) is 5.81. The molecule has 1 atom stereocenters. The predicted molar refractivity (Wildman–Crippen MR) is 123 cm³/mol. The lowest BCUT2D eigenvalue weighted by Crippen LogP contribution is -2.13. The third kappa shape index (κ3) is 5.80. The molecule has 1 unspecified atom stereocenters. The van der Waals surface area contributed by atoms with Gasteiger partial charge >= 0.3 is 0 Å². The Balaban J connectivity index is 1.49. The van der Waals surface area contributed by atoms with Gasteiger partial charge in [-0.05, 0) is 67.8 Å². The van der Waals surface area contributed by atoms with E-state index in [-0.39, 0.29) is 30.6 Å². The molecular weight excluding hydrogens is 372 g/mol. The number of carbonyl (C=O) groups excluding carboxylic acids is 2. The predicted octanol–water partition coefficient (Wildman–Crippen LogP) is 6.08. The zero-order chi connectivity index (χ0) is 21.5. The van der Waals surface area contributed by atoms with Gasteiger partial charge in [0.15, 0.2) is 5.78 Å². The first-order valence-corrected chi connectivity index (χ1v) is 10.2. The average molecular weight is 401 g/mol. The molecule has 3 rings (SSSR count). The third-order valence-electron chi connectivity index (χ3n) is 5.26. The Hall–Kier alpha value is -3.40. The molecule has 0 aliphatic carbocycles. The number of amides is 1. The molecule has 2 N–H and O–H groups in total. The van der Waals surface area contributed by atoms with Crippen LogP contribution >= 0.6 is 0 Å². The molecule has 3 aromatic carbocycles. The minimum absolute atomic E-state index is 0.0114. The fourth-order valence-electron chi connectivity index (χ4n) is 3.23. The standard InChI is InChI=1S/C26H28N2O2/c1-18-9-10-22(17-19(18)2)25(29)15-16-26(30)28-24-13-11-23(12-14-24)27-20(3)21-7-5-4-6-8-21/h4-14,17,20,27H,15-16H2,1-3H3,(H,28,30). The van der Waals surface area contributed by atoms with Crippen molar-refractivity contribution < 1.29 is 9.59 Å². The van der Waals surface area contributed by atoms with Crippen molar-refractivity contribution >= 4 is 23.1 Å². The van der Waals surface area contributed by atoms with E-state index >= 15 is 0 Å². The topological polar surface area (TPSA) is 58.2 Å². The lowest BCUT2D eigenvalue weighted by Gasteiger charge is -2.16. The number of benzene rings is 3. The second kappa shape index (κ2) is 9.88. The molecule has 0 spiro atoms. The Labute approximate surface area is 178 Å². The van der Waals surface area contributed by atoms with Crippen LogP contribution in [0.4, 0.5) is 11.4 Å². The van der Waals surface area contributed by atoms with Gasteiger partial charge in [0.2, 0.25) is 5.91 Å². The van der Waals surface area contributed by atoms with Gasteiger partial charge in [0.05, 0.1) is 0 Å². The van der Waals surface area contributed by atoms with Crippen molar-refractivity contribution in [1.29, 1.82) is 0 Å². The molecule has 0 saturated heterocycles. The van der Waals surface area contributed by atoms with Gasteiger partial charge in [-0.2, -0.15) is 0 Å². The maximum Gasteiger partial charge on any atom is 0.224 e. The lowest BCUT2D eigenvalue weighted by atomic mass is 10.0. The zero-order valence-electron chi connectivity index (χ0n) is 17.7. The monoisotopic (exact) mass is 400 g/mol. The van der Waals surface area contributed by atoms with Crippen LogP contribution in [0.3, 0.4) is 0 Å². The number of carbonyl (C=O) groups is 2. The van der Waals surface area contributed by atoms with Crippen molar-refractivity contribution in [2.75, 3.05) is 10.6 Å². The maximum atomic E-state index is 12.3. The van der Waals surface area contributed by atoms with Crippen LogP contribution in [0.2, 0.25) is 0 Å². The number of Topliss-reactive ketones (excluding diaryl/α,β-unsaturated/α-hetero) is 1. The number of nitrogens with one attached hydrogen (secondary N) is 2. The highest BCUT2D eigenvalue weighted by atomic mass is 16.2. The fourth-order valence-corrected chi connectivity index (χ4v) is 3.23. The molecule has 0 saturated carbocycles. The van der Waals surface area contributed by atoms with E-state index in [9.17, 15) is 9.59 Å². The number of aryl methyl sites for hydroxylation is 2. The van der Waals surface area contributed by atoms with Gasteiger partial charge in [0.25, 0.3) is 0 Å². The Morgan fingerprint density at radius 3 is 2.13 bits per heavy atom. The van der Waals surface area contributed by atoms with E-state index in [1.807, 2.05) is 74.5 Å². The molecule has 0 fully saturated rings. The van der Waals surface area contributed by atoms with Crippen LogP contribution in [0.5, 0.6) is 0 Å². The summed E-state index contributed by atoms with van der Waals surface area (Å²) in [6, 6.07) is 23.7. The van der Waals surface area contributed by atoms with Gasteiger partial charge in [-0.1, -0.05) is 42.5 Å². The Kier molecular flexibility index (Phi) is 7.02. The van der Waals surface area contributed by atoms with Crippen LogP contribution < -0.4 is 10.6 Å². The molecule has 154 valence electrons. The van der Waals surface area contributed by atoms with Crippen molar-refractivity contribution in [2.45, 2.75) is 39.7 Å². The van der Waals surface area contributed by atoms with Crippen LogP contribution in [-0.2, 0) is 4.79 Å². The number of anilines is 2. The molecular formula is C26H28N2O2. The van der Waals surface area contributed by atoms with E-state index in [1.165, 1.54) is 5.56 Å². The van der Waals surface area contributed by atoms with Gasteiger partial charge in [-0.3, -0.25) is 9.59 Å². The smallest absolute Gasteiger partial charge is 0.224 e. The Bertz CT molecular complexity index is 1010. The molecule has 0 bridgehead atoms. The minimum Gasteiger partial charge on any atom is -0.379 e. The largest absolute Gasteiger partial charge is 0.379 e. The van der Waals surface area contributed by atoms with Crippen LogP contribution in [0.25, 0.3) is 0 Å². The first-order valence-electron chi connectivity index (χ1n) is 10.2. The molecule has 3 aromatic rings. The SMILES string of the molecule is Cc1ccc(C(=O)CCC(=O)Nc2ccc(NC(C)c3ccccc3)cc2)cc1C. The molecule has 0 aromatic heterocycles. The van der Waals surface area contributed by atoms with E-state index in [4.69, 9.17) is 0 Å². The molecule has 0 aliphatic heterocycles. The number of ketones is 1. The van der Waals surface area contributed by atoms with E-state index in [0.717, 1.165) is 22.5 Å². The second-order valence-corrected chi connectivity index (χ2v) is 7.62. The maximum absolute atomic E-state index is 12.3. The number of rotatable bonds is 8. The summed E-state index contributed by atoms with van der Waals surface area (Å²) < 4.78 is 0. The summed E-state index contributed by atoms with van der Waals surface area (Å²) in [5, 5.41) is 6.31. The Morgan fingerprint density at radius 1 is 0.800 bits per heavy atom. The summed E-state index contributed by atoms with van der Waals surface area (Å²) in [6.45, 7) is 6.11. The molecule has 4 heteroatoms. The van der Waals surface area contributed by atoms with Crippen LogP contribution in [0, 0.1) is 13.8 Å². The summed E-state index contributed by atoms with van der Waals surface area (Å²) in [6.07, 6.45) is 0.360. The molecule has 30 heavy (non-hydrogen) atoms. The van der Waals surface area contributed by atoms with Gasteiger partial charge < -0.3 is 10.6 Å². The van der Waals surface area contributed by atoms with Gasteiger partial charge in [0, 0.05) is 35.8 Å². The summed E-state index contributed by atoms with van der Waals surface area (Å²) in [4.78, 5) is 24.6. The normalized spacial score (nSPS) is 11.6. The highest BCUT2D eigenvalue weighted by molar-refractivity contribution is 6.00. The molecule has 0 aliphatic rings. The van der Waals surface area contributed by atoms with Crippen molar-refractivity contribution in [3.63, 3.8) is 0 Å². The quantitative estimate of drug-likeness (QED) is 0.451. The number of hydrogen-bond donors (Lipinski definition) is 2. The minimum atomic E-state index is -0.162. The van der Waals surface area contributed by atoms with Gasteiger partial charge in [-0.25, -0.2) is 0 Å². The summed E-state index contributed by atoms with van der Waals surface area (Å²) >= 11 is 0. The molecule has 0 heterocycles. The van der Waals surface area contributed by atoms with Crippen LogP contribution in [-0.4, -0.2) is 11.7 Å². The summed E-state index contributed by atoms with van der Waals surface area (Å²) in [7, 11) is 0. The van der Waals surface area contributed by atoms with Crippen molar-refractivity contribution in [3.05, 3.63) is 95.1 Å². The molecule has 0 radical (unpaired) electrons. The van der Waals surface area contributed by atoms with Gasteiger partial charge in [0.1, 0.15) is 0 Å². The fraction of sp³-hybridized carbons (Fsp3) is 0.231. The molecule has 1 amide bonds. The van der Waals surface area contributed by atoms with Gasteiger partial charge in [-0.15, -0.1) is 0 Å². The van der Waals surface area contributed by atoms with Crippen LogP contribution in [0.1, 0.15) is 52.9 Å². The summed E-state index contributed by atoms with van der Waals surface area (Å²) in [5.74, 6) is -0.173. The van der Waals surface area contributed by atoms with E-state index < -0.39 is 0 Å². The highest BCUT2D eigenvalue weighted by Crippen LogP contribution is 2.21. The molecule has 4 nitrogen and oxygen atoms in total. The second-order valence-electron chi connectivity index (χ2n) is 7.62. The number of hydrogen-bond acceptors (Lipinski definition) is 3. The third-order valence-corrected chi connectivity index (χ3v) is 5.26. The Morgan fingerprint density at radius 2 is 1.47 bits per heavy atom. The highest BCUT2D eigenvalue weighted by Gasteiger charge is 2.11. The van der Waals surface area contributed by atoms with E-state index in [1.54, 1.807) is 0 Å². The van der Waals surface area contributed by atoms with E-state index in [2.05, 4.69) is 29.7 Å². The zero-order valence-corrected chi connectivity index (χ0v) is 17.7. The van der Waals surface area contributed by atoms with Crippen LogP contribution in [0.15, 0.2) is 72.8 Å². The lowest BCUT2D eigenvalue weighted by molar-refractivity contribution is -0.116. The first kappa shape index (κ1) is 21.3. The first-order chi connectivity index (χ1) is 14.4. The van der Waals surface area contributed by atoms with Crippen molar-refractivity contribution in [2.24, 2.45) is 0 Å². The van der Waals surface area contributed by atoms with Crippen molar-refractivity contribution in [1.82, 2.24) is 0 Å². The van der Waals surface area contributed by atoms with E-state index in [0.29, 0.717) is 5.56 Å². The van der Waals surface area contributed by atoms with Crippen molar-refractivity contribution in [3.8, 4) is 0 Å².